The molecule has 0 radical (unpaired) electrons. The summed E-state index contributed by atoms with van der Waals surface area (Å²) in [5, 5.41) is 0. The zero-order chi connectivity index (χ0) is 14.5. The first-order valence-corrected chi connectivity index (χ1v) is 8.26. The lowest BCUT2D eigenvalue weighted by Gasteiger charge is -2.44. The van der Waals surface area contributed by atoms with Gasteiger partial charge >= 0.3 is 0 Å². The first-order valence-electron chi connectivity index (χ1n) is 8.26. The van der Waals surface area contributed by atoms with Gasteiger partial charge in [0.2, 0.25) is 0 Å². The fourth-order valence-corrected chi connectivity index (χ4v) is 3.51. The maximum Gasteiger partial charge on any atom is 0.121 e. The summed E-state index contributed by atoms with van der Waals surface area (Å²) in [6, 6.07) is 8.49. The van der Waals surface area contributed by atoms with Gasteiger partial charge in [0, 0.05) is 44.0 Å². The van der Waals surface area contributed by atoms with Crippen LogP contribution in [0.25, 0.3) is 0 Å². The first kappa shape index (κ1) is 14.7. The molecule has 1 atom stereocenters. The Morgan fingerprint density at radius 3 is 3.05 bits per heavy atom. The highest BCUT2D eigenvalue weighted by Crippen LogP contribution is 2.21. The predicted molar refractivity (Wildman–Crippen MR) is 86.6 cm³/mol. The van der Waals surface area contributed by atoms with Crippen LogP contribution in [0.3, 0.4) is 0 Å². The van der Waals surface area contributed by atoms with Crippen LogP contribution in [0.4, 0.5) is 5.69 Å². The van der Waals surface area contributed by atoms with Gasteiger partial charge in [0.25, 0.3) is 0 Å². The number of nitrogen functional groups attached to an aromatic ring is 1. The minimum atomic E-state index is 0.765. The number of hydrogen-bond donors (Lipinski definition) is 1. The van der Waals surface area contributed by atoms with Crippen molar-refractivity contribution in [3.05, 3.63) is 24.3 Å². The van der Waals surface area contributed by atoms with Gasteiger partial charge in [-0.05, 0) is 37.9 Å². The lowest BCUT2D eigenvalue weighted by atomic mass is 9.99. The Balaban J connectivity index is 1.36. The zero-order valence-corrected chi connectivity index (χ0v) is 12.8. The third kappa shape index (κ3) is 4.11. The molecule has 1 aromatic carbocycles. The van der Waals surface area contributed by atoms with Crippen molar-refractivity contribution in [1.82, 2.24) is 9.80 Å². The smallest absolute Gasteiger partial charge is 0.121 e. The molecule has 0 amide bonds. The van der Waals surface area contributed by atoms with E-state index in [4.69, 9.17) is 10.5 Å². The second kappa shape index (κ2) is 7.14. The molecular weight excluding hydrogens is 262 g/mol. The third-order valence-corrected chi connectivity index (χ3v) is 4.67. The standard InChI is InChI=1S/C17H27N3O/c18-15-5-3-7-17(13-15)21-12-4-8-19-10-11-20-9-2-1-6-16(20)14-19/h3,5,7,13,16H,1-2,4,6,8-12,14,18H2. The summed E-state index contributed by atoms with van der Waals surface area (Å²) in [5.74, 6) is 0.882. The molecule has 116 valence electrons. The maximum absolute atomic E-state index is 5.77. The molecule has 2 aliphatic heterocycles. The van der Waals surface area contributed by atoms with Gasteiger partial charge in [-0.3, -0.25) is 4.90 Å². The molecule has 4 nitrogen and oxygen atoms in total. The van der Waals surface area contributed by atoms with E-state index < -0.39 is 0 Å². The Morgan fingerprint density at radius 2 is 2.14 bits per heavy atom. The van der Waals surface area contributed by atoms with Crippen LogP contribution in [-0.2, 0) is 0 Å². The highest BCUT2D eigenvalue weighted by Gasteiger charge is 2.28. The zero-order valence-electron chi connectivity index (χ0n) is 12.8. The number of hydrogen-bond acceptors (Lipinski definition) is 4. The second-order valence-electron chi connectivity index (χ2n) is 6.26. The Hall–Kier alpha value is -1.26. The number of anilines is 1. The van der Waals surface area contributed by atoms with Crippen molar-refractivity contribution in [3.63, 3.8) is 0 Å². The molecule has 0 aromatic heterocycles. The molecular formula is C17H27N3O. The van der Waals surface area contributed by atoms with Crippen LogP contribution in [0.1, 0.15) is 25.7 Å². The molecule has 0 saturated carbocycles. The largest absolute Gasteiger partial charge is 0.493 e. The van der Waals surface area contributed by atoms with Crippen molar-refractivity contribution >= 4 is 5.69 Å². The van der Waals surface area contributed by atoms with Gasteiger partial charge in [0.05, 0.1) is 6.61 Å². The summed E-state index contributed by atoms with van der Waals surface area (Å²) in [6.45, 7) is 6.95. The fraction of sp³-hybridized carbons (Fsp3) is 0.647. The van der Waals surface area contributed by atoms with Crippen molar-refractivity contribution in [1.29, 1.82) is 0 Å². The van der Waals surface area contributed by atoms with Gasteiger partial charge in [0.1, 0.15) is 5.75 Å². The van der Waals surface area contributed by atoms with Crippen LogP contribution in [0, 0.1) is 0 Å². The van der Waals surface area contributed by atoms with Crippen LogP contribution in [0.5, 0.6) is 5.75 Å². The molecule has 1 aromatic rings. The Bertz CT molecular complexity index is 451. The van der Waals surface area contributed by atoms with E-state index in [9.17, 15) is 0 Å². The quantitative estimate of drug-likeness (QED) is 0.666. The summed E-state index contributed by atoms with van der Waals surface area (Å²) < 4.78 is 5.77. The molecule has 0 spiro atoms. The Labute approximate surface area is 127 Å². The summed E-state index contributed by atoms with van der Waals surface area (Å²) in [6.07, 6.45) is 5.27. The summed E-state index contributed by atoms with van der Waals surface area (Å²) in [5.41, 5.74) is 6.51. The average molecular weight is 289 g/mol. The van der Waals surface area contributed by atoms with Gasteiger partial charge < -0.3 is 15.4 Å². The SMILES string of the molecule is Nc1cccc(OCCCN2CCN3CCCCC3C2)c1. The van der Waals surface area contributed by atoms with E-state index >= 15 is 0 Å². The van der Waals surface area contributed by atoms with E-state index in [1.54, 1.807) is 0 Å². The van der Waals surface area contributed by atoms with Crippen LogP contribution in [0.15, 0.2) is 24.3 Å². The number of fused-ring (bicyclic) bond motifs is 1. The minimum Gasteiger partial charge on any atom is -0.493 e. The van der Waals surface area contributed by atoms with E-state index in [0.29, 0.717) is 0 Å². The van der Waals surface area contributed by atoms with Crippen LogP contribution < -0.4 is 10.5 Å². The number of benzene rings is 1. The van der Waals surface area contributed by atoms with Crippen molar-refractivity contribution in [2.75, 3.05) is 45.1 Å². The Kier molecular flexibility index (Phi) is 4.99. The molecule has 2 N–H and O–H groups in total. The average Bonchev–Trinajstić information content (AvgIpc) is 2.51. The minimum absolute atomic E-state index is 0.765. The number of ether oxygens (including phenoxy) is 1. The number of piperazine rings is 1. The summed E-state index contributed by atoms with van der Waals surface area (Å²) >= 11 is 0. The maximum atomic E-state index is 5.77. The van der Waals surface area contributed by atoms with E-state index in [1.807, 2.05) is 24.3 Å². The fourth-order valence-electron chi connectivity index (χ4n) is 3.51. The monoisotopic (exact) mass is 289 g/mol. The molecule has 4 heteroatoms. The van der Waals surface area contributed by atoms with E-state index in [0.717, 1.165) is 37.1 Å². The third-order valence-electron chi connectivity index (χ3n) is 4.67. The number of rotatable bonds is 5. The highest BCUT2D eigenvalue weighted by atomic mass is 16.5. The van der Waals surface area contributed by atoms with Crippen molar-refractivity contribution in [3.8, 4) is 5.75 Å². The molecule has 21 heavy (non-hydrogen) atoms. The predicted octanol–water partition coefficient (Wildman–Crippen LogP) is 2.21. The summed E-state index contributed by atoms with van der Waals surface area (Å²) in [7, 11) is 0. The van der Waals surface area contributed by atoms with Crippen molar-refractivity contribution < 1.29 is 4.74 Å². The number of piperidine rings is 1. The molecule has 2 saturated heterocycles. The van der Waals surface area contributed by atoms with Crippen LogP contribution >= 0.6 is 0 Å². The van der Waals surface area contributed by atoms with Crippen LogP contribution in [0.2, 0.25) is 0 Å². The normalized spacial score (nSPS) is 23.7. The number of nitrogens with two attached hydrogens (primary N) is 1. The topological polar surface area (TPSA) is 41.7 Å². The number of nitrogens with zero attached hydrogens (tertiary/aromatic N) is 2. The molecule has 0 aliphatic carbocycles. The van der Waals surface area contributed by atoms with Gasteiger partial charge in [0.15, 0.2) is 0 Å². The highest BCUT2D eigenvalue weighted by molar-refractivity contribution is 5.43. The molecule has 2 aliphatic rings. The van der Waals surface area contributed by atoms with Crippen LogP contribution in [-0.4, -0.2) is 55.2 Å². The van der Waals surface area contributed by atoms with Gasteiger partial charge in [-0.15, -0.1) is 0 Å². The molecule has 3 rings (SSSR count). The van der Waals surface area contributed by atoms with Gasteiger partial charge in [-0.1, -0.05) is 12.5 Å². The van der Waals surface area contributed by atoms with E-state index in [2.05, 4.69) is 9.80 Å². The van der Waals surface area contributed by atoms with E-state index in [1.165, 1.54) is 45.4 Å². The lowest BCUT2D eigenvalue weighted by Crippen LogP contribution is -2.54. The molecule has 1 unspecified atom stereocenters. The van der Waals surface area contributed by atoms with Crippen molar-refractivity contribution in [2.45, 2.75) is 31.7 Å². The van der Waals surface area contributed by atoms with Gasteiger partial charge in [-0.25, -0.2) is 0 Å². The first-order chi connectivity index (χ1) is 10.3. The molecule has 2 heterocycles. The van der Waals surface area contributed by atoms with Crippen molar-refractivity contribution in [2.24, 2.45) is 0 Å². The van der Waals surface area contributed by atoms with E-state index in [-0.39, 0.29) is 0 Å². The Morgan fingerprint density at radius 1 is 1.19 bits per heavy atom. The van der Waals surface area contributed by atoms with Gasteiger partial charge in [-0.2, -0.15) is 0 Å². The summed E-state index contributed by atoms with van der Waals surface area (Å²) in [4.78, 5) is 5.29. The molecule has 0 bridgehead atoms. The molecule has 2 fully saturated rings. The lowest BCUT2D eigenvalue weighted by molar-refractivity contribution is 0.0471. The second-order valence-corrected chi connectivity index (χ2v) is 6.26.